The third kappa shape index (κ3) is 4.83. The molecule has 0 spiro atoms. The molecule has 0 aromatic heterocycles. The summed E-state index contributed by atoms with van der Waals surface area (Å²) in [4.78, 5) is 10.2. The Morgan fingerprint density at radius 1 is 1.12 bits per heavy atom. The van der Waals surface area contributed by atoms with Crippen LogP contribution in [0, 0.1) is 0 Å². The quantitative estimate of drug-likeness (QED) is 0.518. The first kappa shape index (κ1) is 21.2. The minimum Gasteiger partial charge on any atom is -0.426 e. The van der Waals surface area contributed by atoms with Crippen LogP contribution in [0.3, 0.4) is 0 Å². The van der Waals surface area contributed by atoms with Crippen molar-refractivity contribution in [1.82, 2.24) is 0 Å². The molecular formula is C12H7ClF9NO2. The summed E-state index contributed by atoms with van der Waals surface area (Å²) in [6.07, 6.45) is -22.0. The normalized spacial score (nSPS) is 14.2. The molecule has 0 radical (unpaired) electrons. The maximum atomic E-state index is 13.4. The molecule has 3 nitrogen and oxygen atoms in total. The topological polar surface area (TPSA) is 29.5 Å². The molecule has 0 aliphatic heterocycles. The number of anilines is 1. The monoisotopic (exact) mass is 403 g/mol. The number of halogens is 10. The van der Waals surface area contributed by atoms with Gasteiger partial charge < -0.3 is 4.74 Å². The molecule has 0 aliphatic rings. The molecular weight excluding hydrogens is 397 g/mol. The lowest BCUT2D eigenvalue weighted by Gasteiger charge is -2.29. The molecule has 0 N–H and O–H groups in total. The van der Waals surface area contributed by atoms with Gasteiger partial charge >= 0.3 is 18.6 Å². The Balaban J connectivity index is 3.45. The Morgan fingerprint density at radius 3 is 2.04 bits per heavy atom. The molecule has 0 heterocycles. The zero-order valence-corrected chi connectivity index (χ0v) is 12.6. The van der Waals surface area contributed by atoms with Gasteiger partial charge in [-0.3, -0.25) is 4.79 Å². The highest BCUT2D eigenvalue weighted by atomic mass is 35.5. The molecule has 1 amide bonds. The zero-order chi connectivity index (χ0) is 19.8. The number of alkyl halides is 9. The standard InChI is InChI=1S/C12H7ClF9NO2/c1-5(24)23(12(20,21)22)7-4-2-3-6(13)8(7)25-11(18,19)9(14)10(15,16)17/h2-4,9H,1H3. The average molecular weight is 404 g/mol. The summed E-state index contributed by atoms with van der Waals surface area (Å²) in [7, 11) is 0. The van der Waals surface area contributed by atoms with Gasteiger partial charge in [0.1, 0.15) is 0 Å². The molecule has 1 aromatic carbocycles. The smallest absolute Gasteiger partial charge is 0.426 e. The highest BCUT2D eigenvalue weighted by Gasteiger charge is 2.60. The third-order valence-electron chi connectivity index (χ3n) is 2.58. The second-order valence-corrected chi connectivity index (χ2v) is 4.89. The van der Waals surface area contributed by atoms with Gasteiger partial charge in [0.05, 0.1) is 10.7 Å². The summed E-state index contributed by atoms with van der Waals surface area (Å²) in [6, 6.07) is 1.93. The van der Waals surface area contributed by atoms with E-state index < -0.39 is 52.0 Å². The summed E-state index contributed by atoms with van der Waals surface area (Å²) < 4.78 is 118. The lowest BCUT2D eigenvalue weighted by molar-refractivity contribution is -0.304. The number of amides is 1. The van der Waals surface area contributed by atoms with E-state index in [1.165, 1.54) is 0 Å². The van der Waals surface area contributed by atoms with E-state index in [4.69, 9.17) is 11.6 Å². The number of benzene rings is 1. The Bertz CT molecular complexity index is 644. The van der Waals surface area contributed by atoms with Crippen LogP contribution in [0.15, 0.2) is 18.2 Å². The molecule has 1 aromatic rings. The largest absolute Gasteiger partial charge is 0.491 e. The van der Waals surface area contributed by atoms with Crippen molar-refractivity contribution in [2.45, 2.75) is 31.7 Å². The van der Waals surface area contributed by atoms with Crippen molar-refractivity contribution < 1.29 is 49.0 Å². The van der Waals surface area contributed by atoms with Crippen LogP contribution in [0.25, 0.3) is 0 Å². The van der Waals surface area contributed by atoms with Gasteiger partial charge in [0.15, 0.2) is 5.75 Å². The fourth-order valence-electron chi connectivity index (χ4n) is 1.64. The molecule has 1 unspecified atom stereocenters. The fourth-order valence-corrected chi connectivity index (χ4v) is 1.85. The minimum atomic E-state index is -6.06. The average Bonchev–Trinajstić information content (AvgIpc) is 2.38. The van der Waals surface area contributed by atoms with E-state index in [2.05, 4.69) is 4.74 Å². The number of rotatable bonds is 4. The van der Waals surface area contributed by atoms with Crippen LogP contribution in [0.4, 0.5) is 45.2 Å². The van der Waals surface area contributed by atoms with Crippen LogP contribution in [0.2, 0.25) is 5.02 Å². The predicted molar refractivity (Wildman–Crippen MR) is 67.2 cm³/mol. The van der Waals surface area contributed by atoms with E-state index in [1.807, 2.05) is 0 Å². The second kappa shape index (κ2) is 6.81. The molecule has 0 fully saturated rings. The SMILES string of the molecule is CC(=O)N(c1cccc(Cl)c1OC(F)(F)C(F)C(F)(F)F)C(F)(F)F. The molecule has 13 heteroatoms. The summed E-state index contributed by atoms with van der Waals surface area (Å²) >= 11 is 5.39. The van der Waals surface area contributed by atoms with Crippen LogP contribution in [0.1, 0.15) is 6.92 Å². The van der Waals surface area contributed by atoms with Crippen molar-refractivity contribution in [1.29, 1.82) is 0 Å². The van der Waals surface area contributed by atoms with E-state index in [-0.39, 0.29) is 0 Å². The van der Waals surface area contributed by atoms with Gasteiger partial charge in [0, 0.05) is 6.92 Å². The highest BCUT2D eigenvalue weighted by molar-refractivity contribution is 6.32. The first-order valence-electron chi connectivity index (χ1n) is 6.02. The van der Waals surface area contributed by atoms with E-state index in [0.29, 0.717) is 19.1 Å². The maximum absolute atomic E-state index is 13.4. The Hall–Kier alpha value is -1.85. The number of hydrogen-bond acceptors (Lipinski definition) is 2. The van der Waals surface area contributed by atoms with Crippen molar-refractivity contribution in [2.75, 3.05) is 4.90 Å². The van der Waals surface area contributed by atoms with Crippen molar-refractivity contribution in [3.8, 4) is 5.75 Å². The van der Waals surface area contributed by atoms with Crippen molar-refractivity contribution >= 4 is 23.2 Å². The van der Waals surface area contributed by atoms with Crippen molar-refractivity contribution in [3.05, 3.63) is 23.2 Å². The number of para-hydroxylation sites is 1. The van der Waals surface area contributed by atoms with Gasteiger partial charge in [-0.15, -0.1) is 13.2 Å². The highest BCUT2D eigenvalue weighted by Crippen LogP contribution is 2.44. The first-order chi connectivity index (χ1) is 11.1. The number of carbonyl (C=O) groups excluding carboxylic acids is 1. The Morgan fingerprint density at radius 2 is 1.64 bits per heavy atom. The molecule has 1 atom stereocenters. The molecule has 25 heavy (non-hydrogen) atoms. The maximum Gasteiger partial charge on any atom is 0.491 e. The zero-order valence-electron chi connectivity index (χ0n) is 11.9. The number of ether oxygens (including phenoxy) is 1. The second-order valence-electron chi connectivity index (χ2n) is 4.48. The molecule has 0 bridgehead atoms. The summed E-state index contributed by atoms with van der Waals surface area (Å²) in [6.45, 7) is 0.407. The molecule has 0 saturated carbocycles. The van der Waals surface area contributed by atoms with Crippen LogP contribution in [-0.4, -0.2) is 30.7 Å². The van der Waals surface area contributed by atoms with Gasteiger partial charge in [-0.1, -0.05) is 17.7 Å². The fraction of sp³-hybridized carbons (Fsp3) is 0.417. The summed E-state index contributed by atoms with van der Waals surface area (Å²) in [5.41, 5.74) is -1.43. The molecule has 142 valence electrons. The van der Waals surface area contributed by atoms with Crippen molar-refractivity contribution in [3.63, 3.8) is 0 Å². The lowest BCUT2D eigenvalue weighted by Crippen LogP contribution is -2.46. The minimum absolute atomic E-state index is 0.407. The van der Waals surface area contributed by atoms with Gasteiger partial charge in [0.25, 0.3) is 6.17 Å². The van der Waals surface area contributed by atoms with E-state index in [9.17, 15) is 44.3 Å². The van der Waals surface area contributed by atoms with E-state index in [1.54, 1.807) is 0 Å². The van der Waals surface area contributed by atoms with Crippen LogP contribution in [-0.2, 0) is 4.79 Å². The van der Waals surface area contributed by atoms with Gasteiger partial charge in [-0.25, -0.2) is 9.29 Å². The first-order valence-corrected chi connectivity index (χ1v) is 6.40. The van der Waals surface area contributed by atoms with Crippen LogP contribution in [0.5, 0.6) is 5.75 Å². The number of nitrogens with zero attached hydrogens (tertiary/aromatic N) is 1. The molecule has 0 saturated heterocycles. The lowest BCUT2D eigenvalue weighted by atomic mass is 10.2. The van der Waals surface area contributed by atoms with Crippen LogP contribution < -0.4 is 9.64 Å². The van der Waals surface area contributed by atoms with Gasteiger partial charge in [0.2, 0.25) is 5.91 Å². The van der Waals surface area contributed by atoms with E-state index >= 15 is 0 Å². The van der Waals surface area contributed by atoms with E-state index in [0.717, 1.165) is 6.07 Å². The van der Waals surface area contributed by atoms with Gasteiger partial charge in [-0.05, 0) is 12.1 Å². The molecule has 1 rings (SSSR count). The van der Waals surface area contributed by atoms with Gasteiger partial charge in [-0.2, -0.15) is 22.0 Å². The molecule has 0 aliphatic carbocycles. The third-order valence-corrected chi connectivity index (χ3v) is 2.87. The number of hydrogen-bond donors (Lipinski definition) is 0. The summed E-state index contributed by atoms with van der Waals surface area (Å²) in [5.74, 6) is -3.37. The Kier molecular flexibility index (Phi) is 5.77. The summed E-state index contributed by atoms with van der Waals surface area (Å²) in [5, 5.41) is -0.998. The number of carbonyl (C=O) groups is 1. The predicted octanol–water partition coefficient (Wildman–Crippen LogP) is 5.08. The Labute approximate surface area is 138 Å². The van der Waals surface area contributed by atoms with Crippen molar-refractivity contribution in [2.24, 2.45) is 0 Å². The van der Waals surface area contributed by atoms with Crippen LogP contribution >= 0.6 is 11.6 Å².